The van der Waals surface area contributed by atoms with Crippen LogP contribution in [0.4, 0.5) is 0 Å². The van der Waals surface area contributed by atoms with Crippen LogP contribution in [-0.4, -0.2) is 6.61 Å². The van der Waals surface area contributed by atoms with Gasteiger partial charge < -0.3 is 9.47 Å². The van der Waals surface area contributed by atoms with Gasteiger partial charge in [-0.25, -0.2) is 0 Å². The maximum atomic E-state index is 6.38. The summed E-state index contributed by atoms with van der Waals surface area (Å²) in [4.78, 5) is 1.16. The van der Waals surface area contributed by atoms with Gasteiger partial charge in [-0.15, -0.1) is 11.3 Å². The molecule has 0 saturated carbocycles. The van der Waals surface area contributed by atoms with E-state index < -0.39 is 0 Å². The summed E-state index contributed by atoms with van der Waals surface area (Å²) in [5, 5.41) is 1.15. The Kier molecular flexibility index (Phi) is 4.87. The van der Waals surface area contributed by atoms with Gasteiger partial charge in [-0.1, -0.05) is 35.9 Å². The van der Waals surface area contributed by atoms with Crippen LogP contribution in [0, 0.1) is 13.8 Å². The summed E-state index contributed by atoms with van der Waals surface area (Å²) in [6.07, 6.45) is 0. The zero-order valence-electron chi connectivity index (χ0n) is 15.8. The Bertz CT molecular complexity index is 1060. The molecule has 0 amide bonds. The van der Waals surface area contributed by atoms with Gasteiger partial charge in [0.25, 0.3) is 0 Å². The molecule has 1 heterocycles. The summed E-state index contributed by atoms with van der Waals surface area (Å²) in [6, 6.07) is 23.0. The van der Waals surface area contributed by atoms with Crippen molar-refractivity contribution in [1.29, 1.82) is 0 Å². The van der Waals surface area contributed by atoms with Crippen molar-refractivity contribution in [3.63, 3.8) is 0 Å². The molecule has 0 aliphatic carbocycles. The van der Waals surface area contributed by atoms with Gasteiger partial charge in [0.1, 0.15) is 11.5 Å². The topological polar surface area (TPSA) is 18.5 Å². The molecule has 0 spiro atoms. The Morgan fingerprint density at radius 3 is 2.15 bits per heavy atom. The van der Waals surface area contributed by atoms with Crippen molar-refractivity contribution in [3.8, 4) is 27.7 Å². The first-order chi connectivity index (χ1) is 13.1. The molecule has 0 fully saturated rings. The molecule has 0 radical (unpaired) electrons. The summed E-state index contributed by atoms with van der Waals surface area (Å²) in [6.45, 7) is 6.87. The van der Waals surface area contributed by atoms with E-state index in [4.69, 9.17) is 9.47 Å². The normalized spacial score (nSPS) is 10.9. The first-order valence-electron chi connectivity index (χ1n) is 9.15. The molecular weight excluding hydrogens is 352 g/mol. The molecule has 4 rings (SSSR count). The van der Waals surface area contributed by atoms with E-state index in [9.17, 15) is 0 Å². The van der Waals surface area contributed by atoms with E-state index >= 15 is 0 Å². The van der Waals surface area contributed by atoms with Gasteiger partial charge in [-0.3, -0.25) is 0 Å². The minimum atomic E-state index is 0.659. The molecule has 1 aromatic heterocycles. The van der Waals surface area contributed by atoms with Crippen LogP contribution in [0.3, 0.4) is 0 Å². The molecule has 0 bridgehead atoms. The van der Waals surface area contributed by atoms with Gasteiger partial charge in [0.2, 0.25) is 0 Å². The van der Waals surface area contributed by atoms with Gasteiger partial charge in [0.05, 0.1) is 11.5 Å². The van der Waals surface area contributed by atoms with Gasteiger partial charge in [-0.2, -0.15) is 0 Å². The maximum Gasteiger partial charge on any atom is 0.153 e. The van der Waals surface area contributed by atoms with Crippen LogP contribution in [0.1, 0.15) is 18.1 Å². The Hall–Kier alpha value is -2.78. The number of hydrogen-bond donors (Lipinski definition) is 0. The first kappa shape index (κ1) is 17.6. The number of rotatable bonds is 5. The lowest BCUT2D eigenvalue weighted by atomic mass is 10.1. The SMILES string of the molecule is CCOc1ccc(Oc2c(-c3ccc(C)cc3)sc3cc(C)ccc23)cc1. The van der Waals surface area contributed by atoms with Crippen LogP contribution < -0.4 is 9.47 Å². The number of fused-ring (bicyclic) bond motifs is 1. The summed E-state index contributed by atoms with van der Waals surface area (Å²) >= 11 is 1.78. The highest BCUT2D eigenvalue weighted by Gasteiger charge is 2.16. The molecule has 136 valence electrons. The molecule has 0 aliphatic rings. The summed E-state index contributed by atoms with van der Waals surface area (Å²) < 4.78 is 13.1. The van der Waals surface area contributed by atoms with Crippen molar-refractivity contribution in [3.05, 3.63) is 77.9 Å². The van der Waals surface area contributed by atoms with E-state index in [0.717, 1.165) is 27.5 Å². The fraction of sp³-hybridized carbons (Fsp3) is 0.167. The molecule has 2 nitrogen and oxygen atoms in total. The van der Waals surface area contributed by atoms with E-state index in [2.05, 4.69) is 56.3 Å². The summed E-state index contributed by atoms with van der Waals surface area (Å²) in [5.41, 5.74) is 3.69. The Balaban J connectivity index is 1.79. The third kappa shape index (κ3) is 3.69. The van der Waals surface area contributed by atoms with Crippen molar-refractivity contribution in [2.75, 3.05) is 6.61 Å². The van der Waals surface area contributed by atoms with Crippen LogP contribution in [0.2, 0.25) is 0 Å². The maximum absolute atomic E-state index is 6.38. The highest BCUT2D eigenvalue weighted by atomic mass is 32.1. The van der Waals surface area contributed by atoms with E-state index in [1.165, 1.54) is 21.4 Å². The number of benzene rings is 3. The van der Waals surface area contributed by atoms with Crippen molar-refractivity contribution in [2.24, 2.45) is 0 Å². The second-order valence-electron chi connectivity index (χ2n) is 6.63. The van der Waals surface area contributed by atoms with Crippen LogP contribution in [-0.2, 0) is 0 Å². The van der Waals surface area contributed by atoms with E-state index in [1.807, 2.05) is 31.2 Å². The standard InChI is InChI=1S/C24H22O2S/c1-4-25-19-10-12-20(13-11-19)26-23-21-14-7-17(3)15-22(21)27-24(23)18-8-5-16(2)6-9-18/h5-15H,4H2,1-3H3. The monoisotopic (exact) mass is 374 g/mol. The second kappa shape index (κ2) is 7.45. The molecule has 4 aromatic rings. The Morgan fingerprint density at radius 2 is 1.44 bits per heavy atom. The largest absolute Gasteiger partial charge is 0.494 e. The molecular formula is C24H22O2S. The zero-order chi connectivity index (χ0) is 18.8. The fourth-order valence-electron chi connectivity index (χ4n) is 3.06. The number of thiophene rings is 1. The second-order valence-corrected chi connectivity index (χ2v) is 7.68. The Morgan fingerprint density at radius 1 is 0.778 bits per heavy atom. The predicted octanol–water partition coefficient (Wildman–Crippen LogP) is 7.38. The van der Waals surface area contributed by atoms with E-state index in [-0.39, 0.29) is 0 Å². The molecule has 0 unspecified atom stereocenters. The van der Waals surface area contributed by atoms with Crippen molar-refractivity contribution >= 4 is 21.4 Å². The zero-order valence-corrected chi connectivity index (χ0v) is 16.6. The fourth-order valence-corrected chi connectivity index (χ4v) is 4.30. The first-order valence-corrected chi connectivity index (χ1v) is 9.96. The lowest BCUT2D eigenvalue weighted by molar-refractivity contribution is 0.339. The van der Waals surface area contributed by atoms with Gasteiger partial charge in [0.15, 0.2) is 5.75 Å². The van der Waals surface area contributed by atoms with Gasteiger partial charge in [0, 0.05) is 10.1 Å². The lowest BCUT2D eigenvalue weighted by Gasteiger charge is -2.09. The minimum absolute atomic E-state index is 0.659. The molecule has 27 heavy (non-hydrogen) atoms. The molecule has 0 aliphatic heterocycles. The van der Waals surface area contributed by atoms with Crippen LogP contribution in [0.5, 0.6) is 17.2 Å². The highest BCUT2D eigenvalue weighted by Crippen LogP contribution is 2.46. The molecule has 0 atom stereocenters. The molecule has 3 aromatic carbocycles. The molecule has 3 heteroatoms. The molecule has 0 N–H and O–H groups in total. The van der Waals surface area contributed by atoms with Crippen molar-refractivity contribution < 1.29 is 9.47 Å². The third-order valence-corrected chi connectivity index (χ3v) is 5.65. The predicted molar refractivity (Wildman–Crippen MR) is 114 cm³/mol. The average molecular weight is 375 g/mol. The number of hydrogen-bond acceptors (Lipinski definition) is 3. The van der Waals surface area contributed by atoms with E-state index in [1.54, 1.807) is 11.3 Å². The summed E-state index contributed by atoms with van der Waals surface area (Å²) in [7, 11) is 0. The van der Waals surface area contributed by atoms with Crippen LogP contribution >= 0.6 is 11.3 Å². The van der Waals surface area contributed by atoms with Gasteiger partial charge in [-0.05, 0) is 68.3 Å². The van der Waals surface area contributed by atoms with E-state index in [0.29, 0.717) is 6.61 Å². The Labute approximate surface area is 164 Å². The van der Waals surface area contributed by atoms with Gasteiger partial charge >= 0.3 is 0 Å². The van der Waals surface area contributed by atoms with Crippen molar-refractivity contribution in [1.82, 2.24) is 0 Å². The quantitative estimate of drug-likeness (QED) is 0.363. The summed E-state index contributed by atoms with van der Waals surface area (Å²) in [5.74, 6) is 2.59. The lowest BCUT2D eigenvalue weighted by Crippen LogP contribution is -1.91. The van der Waals surface area contributed by atoms with Crippen LogP contribution in [0.25, 0.3) is 20.5 Å². The third-order valence-electron chi connectivity index (χ3n) is 4.47. The highest BCUT2D eigenvalue weighted by molar-refractivity contribution is 7.22. The van der Waals surface area contributed by atoms with Crippen LogP contribution in [0.15, 0.2) is 66.7 Å². The smallest absolute Gasteiger partial charge is 0.153 e. The average Bonchev–Trinajstić information content (AvgIpc) is 3.01. The number of aryl methyl sites for hydroxylation is 2. The van der Waals surface area contributed by atoms with Crippen molar-refractivity contribution in [2.45, 2.75) is 20.8 Å². The molecule has 0 saturated heterocycles. The number of ether oxygens (including phenoxy) is 2. The minimum Gasteiger partial charge on any atom is -0.494 e.